The minimum Gasteiger partial charge on any atom is -0.468 e. The molecule has 5 nitrogen and oxygen atoms in total. The molecule has 106 valence electrons. The van der Waals surface area contributed by atoms with Crippen LogP contribution in [0.5, 0.6) is 0 Å². The number of benzene rings is 1. The number of aliphatic hydroxyl groups excluding tert-OH is 1. The van der Waals surface area contributed by atoms with E-state index in [1.54, 1.807) is 0 Å². The Kier molecular flexibility index (Phi) is 6.20. The molecule has 1 rings (SSSR count). The van der Waals surface area contributed by atoms with Crippen molar-refractivity contribution in [3.05, 3.63) is 35.1 Å². The molecule has 0 aliphatic rings. The number of nitrogens with one attached hydrogen (secondary N) is 1. The predicted octanol–water partition coefficient (Wildman–Crippen LogP) is 0.462. The molecule has 0 radical (unpaired) electrons. The fourth-order valence-electron chi connectivity index (χ4n) is 1.32. The Morgan fingerprint density at radius 2 is 2.20 bits per heavy atom. The molecule has 0 spiro atoms. The molecule has 0 heterocycles. The van der Waals surface area contributed by atoms with Crippen LogP contribution in [0.2, 0.25) is 0 Å². The third kappa shape index (κ3) is 4.71. The lowest BCUT2D eigenvalue weighted by molar-refractivity contribution is -0.139. The third-order valence-electron chi connectivity index (χ3n) is 2.30. The number of ether oxygens (including phenoxy) is 1. The molecule has 0 saturated carbocycles. The van der Waals surface area contributed by atoms with Crippen molar-refractivity contribution < 1.29 is 23.8 Å². The lowest BCUT2D eigenvalue weighted by Gasteiger charge is -2.05. The molecule has 0 bridgehead atoms. The van der Waals surface area contributed by atoms with Crippen LogP contribution in [0.25, 0.3) is 0 Å². The van der Waals surface area contributed by atoms with Crippen LogP contribution in [0.3, 0.4) is 0 Å². The van der Waals surface area contributed by atoms with Gasteiger partial charge in [0.25, 0.3) is 5.91 Å². The van der Waals surface area contributed by atoms with Gasteiger partial charge in [-0.05, 0) is 18.2 Å². The summed E-state index contributed by atoms with van der Waals surface area (Å²) in [5.74, 6) is 3.24. The van der Waals surface area contributed by atoms with Crippen molar-refractivity contribution in [3.8, 4) is 11.8 Å². The van der Waals surface area contributed by atoms with E-state index in [1.807, 2.05) is 0 Å². The van der Waals surface area contributed by atoms with E-state index < -0.39 is 17.7 Å². The number of hydrogen-bond acceptors (Lipinski definition) is 4. The van der Waals surface area contributed by atoms with Crippen LogP contribution >= 0.6 is 0 Å². The molecule has 2 N–H and O–H groups in total. The van der Waals surface area contributed by atoms with Gasteiger partial charge >= 0.3 is 5.97 Å². The summed E-state index contributed by atoms with van der Waals surface area (Å²) in [5, 5.41) is 10.8. The quantitative estimate of drug-likeness (QED) is 0.620. The van der Waals surface area contributed by atoms with Gasteiger partial charge in [-0.25, -0.2) is 4.39 Å². The summed E-state index contributed by atoms with van der Waals surface area (Å²) >= 11 is 0. The monoisotopic (exact) mass is 279 g/mol. The molecular formula is C14H14FNO4. The van der Waals surface area contributed by atoms with E-state index in [0.29, 0.717) is 12.0 Å². The molecule has 1 aromatic carbocycles. The zero-order valence-electron chi connectivity index (χ0n) is 10.9. The van der Waals surface area contributed by atoms with Gasteiger partial charge in [0.05, 0.1) is 19.3 Å². The molecule has 0 unspecified atom stereocenters. The van der Waals surface area contributed by atoms with Gasteiger partial charge in [0, 0.05) is 12.0 Å². The van der Waals surface area contributed by atoms with E-state index in [4.69, 9.17) is 5.11 Å². The summed E-state index contributed by atoms with van der Waals surface area (Å²) in [7, 11) is 1.19. The van der Waals surface area contributed by atoms with Crippen LogP contribution in [0.15, 0.2) is 18.2 Å². The highest BCUT2D eigenvalue weighted by molar-refractivity contribution is 5.96. The van der Waals surface area contributed by atoms with E-state index >= 15 is 0 Å². The summed E-state index contributed by atoms with van der Waals surface area (Å²) < 4.78 is 18.1. The van der Waals surface area contributed by atoms with Crippen molar-refractivity contribution in [2.45, 2.75) is 6.42 Å². The third-order valence-corrected chi connectivity index (χ3v) is 2.30. The maximum atomic E-state index is 13.7. The first-order chi connectivity index (χ1) is 9.58. The Morgan fingerprint density at radius 3 is 2.80 bits per heavy atom. The average Bonchev–Trinajstić information content (AvgIpc) is 2.44. The summed E-state index contributed by atoms with van der Waals surface area (Å²) in [6, 6.07) is 3.89. The van der Waals surface area contributed by atoms with Crippen molar-refractivity contribution in [1.82, 2.24) is 5.32 Å². The number of carbonyl (C=O) groups is 2. The Labute approximate surface area is 115 Å². The van der Waals surface area contributed by atoms with E-state index in [2.05, 4.69) is 21.9 Å². The predicted molar refractivity (Wildman–Crippen MR) is 69.3 cm³/mol. The van der Waals surface area contributed by atoms with E-state index in [9.17, 15) is 14.0 Å². The molecule has 20 heavy (non-hydrogen) atoms. The normalized spacial score (nSPS) is 9.35. The highest BCUT2D eigenvalue weighted by atomic mass is 19.1. The Bertz CT molecular complexity index is 560. The van der Waals surface area contributed by atoms with Gasteiger partial charge in [0.1, 0.15) is 12.4 Å². The number of aliphatic hydroxyl groups is 1. The molecule has 0 fully saturated rings. The minimum atomic E-state index is -0.733. The van der Waals surface area contributed by atoms with Crippen LogP contribution in [-0.2, 0) is 9.53 Å². The fraction of sp³-hybridized carbons (Fsp3) is 0.286. The van der Waals surface area contributed by atoms with Gasteiger partial charge < -0.3 is 15.2 Å². The SMILES string of the molecule is COC(=O)CNC(=O)c1ccc(C#CCCO)cc1F. The molecule has 0 atom stereocenters. The van der Waals surface area contributed by atoms with Crippen LogP contribution in [0, 0.1) is 17.7 Å². The standard InChI is InChI=1S/C14H14FNO4/c1-20-13(18)9-16-14(19)11-6-5-10(8-12(11)15)4-2-3-7-17/h5-6,8,17H,3,7,9H2,1H3,(H,16,19). The Morgan fingerprint density at radius 1 is 1.45 bits per heavy atom. The minimum absolute atomic E-state index is 0.0660. The number of halogens is 1. The van der Waals surface area contributed by atoms with Gasteiger partial charge in [-0.15, -0.1) is 0 Å². The van der Waals surface area contributed by atoms with Crippen LogP contribution in [-0.4, -0.2) is 37.2 Å². The maximum Gasteiger partial charge on any atom is 0.325 e. The fourth-order valence-corrected chi connectivity index (χ4v) is 1.32. The summed E-state index contributed by atoms with van der Waals surface area (Å²) in [4.78, 5) is 22.5. The molecule has 1 amide bonds. The lowest BCUT2D eigenvalue weighted by atomic mass is 10.1. The second-order valence-electron chi connectivity index (χ2n) is 3.73. The first kappa shape index (κ1) is 15.7. The number of hydrogen-bond donors (Lipinski definition) is 2. The molecule has 6 heteroatoms. The Balaban J connectivity index is 2.75. The van der Waals surface area contributed by atoms with Crippen molar-refractivity contribution >= 4 is 11.9 Å². The molecule has 0 aromatic heterocycles. The molecule has 1 aromatic rings. The zero-order valence-corrected chi connectivity index (χ0v) is 10.9. The van der Waals surface area contributed by atoms with Crippen LogP contribution in [0.1, 0.15) is 22.3 Å². The average molecular weight is 279 g/mol. The van der Waals surface area contributed by atoms with Crippen LogP contribution < -0.4 is 5.32 Å². The van der Waals surface area contributed by atoms with E-state index in [1.165, 1.54) is 19.2 Å². The summed E-state index contributed by atoms with van der Waals surface area (Å²) in [5.41, 5.74) is 0.224. The second-order valence-corrected chi connectivity index (χ2v) is 3.73. The lowest BCUT2D eigenvalue weighted by Crippen LogP contribution is -2.30. The van der Waals surface area contributed by atoms with Gasteiger partial charge in [0.2, 0.25) is 0 Å². The molecule has 0 aliphatic heterocycles. The maximum absolute atomic E-state index is 13.7. The largest absolute Gasteiger partial charge is 0.468 e. The van der Waals surface area contributed by atoms with Gasteiger partial charge in [-0.1, -0.05) is 11.8 Å². The topological polar surface area (TPSA) is 75.6 Å². The van der Waals surface area contributed by atoms with Crippen molar-refractivity contribution in [3.63, 3.8) is 0 Å². The van der Waals surface area contributed by atoms with E-state index in [-0.39, 0.29) is 18.7 Å². The number of carbonyl (C=O) groups excluding carboxylic acids is 2. The Hall–Kier alpha value is -2.39. The second kappa shape index (κ2) is 7.92. The smallest absolute Gasteiger partial charge is 0.325 e. The number of amides is 1. The molecular weight excluding hydrogens is 265 g/mol. The van der Waals surface area contributed by atoms with Gasteiger partial charge in [0.15, 0.2) is 0 Å². The first-order valence-electron chi connectivity index (χ1n) is 5.82. The molecule has 0 aliphatic carbocycles. The van der Waals surface area contributed by atoms with Gasteiger partial charge in [-0.3, -0.25) is 9.59 Å². The van der Waals surface area contributed by atoms with Crippen LogP contribution in [0.4, 0.5) is 4.39 Å². The van der Waals surface area contributed by atoms with Crippen molar-refractivity contribution in [2.24, 2.45) is 0 Å². The molecule has 0 saturated heterocycles. The highest BCUT2D eigenvalue weighted by Gasteiger charge is 2.13. The first-order valence-corrected chi connectivity index (χ1v) is 5.82. The number of esters is 1. The summed E-state index contributed by atoms with van der Waals surface area (Å²) in [6.07, 6.45) is 0.295. The van der Waals surface area contributed by atoms with E-state index in [0.717, 1.165) is 6.07 Å². The zero-order chi connectivity index (χ0) is 15.0. The summed E-state index contributed by atoms with van der Waals surface area (Å²) in [6.45, 7) is -0.393. The highest BCUT2D eigenvalue weighted by Crippen LogP contribution is 2.09. The van der Waals surface area contributed by atoms with Gasteiger partial charge in [-0.2, -0.15) is 0 Å². The van der Waals surface area contributed by atoms with Crippen molar-refractivity contribution in [1.29, 1.82) is 0 Å². The number of rotatable bonds is 4. The number of methoxy groups -OCH3 is 1. The van der Waals surface area contributed by atoms with Crippen molar-refractivity contribution in [2.75, 3.05) is 20.3 Å².